The molecule has 0 saturated carbocycles. The van der Waals surface area contributed by atoms with Gasteiger partial charge in [-0.25, -0.2) is 15.0 Å². The average molecular weight is 909 g/mol. The van der Waals surface area contributed by atoms with E-state index < -0.39 is 0 Å². The van der Waals surface area contributed by atoms with Gasteiger partial charge in [-0.2, -0.15) is 5.26 Å². The number of nitrogens with zero attached hydrogens (tertiary/aromatic N) is 6. The number of para-hydroxylation sites is 2. The second-order valence-electron chi connectivity index (χ2n) is 18.3. The van der Waals surface area contributed by atoms with Crippen LogP contribution in [0.3, 0.4) is 0 Å². The third kappa shape index (κ3) is 7.31. The van der Waals surface area contributed by atoms with Gasteiger partial charge < -0.3 is 9.13 Å². The fraction of sp³-hybridized carbons (Fsp3) is 0.0462. The summed E-state index contributed by atoms with van der Waals surface area (Å²) in [5, 5.41) is 14.7. The van der Waals surface area contributed by atoms with Crippen molar-refractivity contribution in [3.63, 3.8) is 0 Å². The van der Waals surface area contributed by atoms with Crippen LogP contribution < -0.4 is 0 Å². The summed E-state index contributed by atoms with van der Waals surface area (Å²) >= 11 is 0. The Bertz CT molecular complexity index is 4080. The third-order valence-corrected chi connectivity index (χ3v) is 14.0. The maximum atomic E-state index is 10.2. The van der Waals surface area contributed by atoms with E-state index in [4.69, 9.17) is 15.0 Å². The zero-order valence-electron chi connectivity index (χ0n) is 38.9. The van der Waals surface area contributed by atoms with Crippen LogP contribution in [0.4, 0.5) is 0 Å². The Balaban J connectivity index is 0.994. The van der Waals surface area contributed by atoms with Crippen LogP contribution in [0, 0.1) is 18.3 Å². The minimum atomic E-state index is -0.0381. The van der Waals surface area contributed by atoms with E-state index in [9.17, 15) is 5.26 Å². The van der Waals surface area contributed by atoms with Crippen molar-refractivity contribution in [3.05, 3.63) is 253 Å². The predicted octanol–water partition coefficient (Wildman–Crippen LogP) is 16.0. The highest BCUT2D eigenvalue weighted by molar-refractivity contribution is 6.13. The van der Waals surface area contributed by atoms with Gasteiger partial charge in [-0.1, -0.05) is 170 Å². The van der Waals surface area contributed by atoms with E-state index in [2.05, 4.69) is 234 Å². The molecule has 1 unspecified atom stereocenters. The number of fused-ring (bicyclic) bond motifs is 6. The van der Waals surface area contributed by atoms with Crippen molar-refractivity contribution in [1.82, 2.24) is 24.1 Å². The molecule has 334 valence electrons. The molecule has 1 aliphatic carbocycles. The second kappa shape index (κ2) is 17.3. The third-order valence-electron chi connectivity index (χ3n) is 14.0. The molecule has 9 aromatic carbocycles. The van der Waals surface area contributed by atoms with Crippen LogP contribution in [0.25, 0.3) is 106 Å². The van der Waals surface area contributed by atoms with E-state index in [0.29, 0.717) is 17.2 Å². The van der Waals surface area contributed by atoms with Crippen molar-refractivity contribution in [1.29, 1.82) is 5.26 Å². The molecule has 0 spiro atoms. The van der Waals surface area contributed by atoms with Gasteiger partial charge in [0.1, 0.15) is 5.82 Å². The number of aryl methyl sites for hydroxylation is 1. The molecule has 0 bridgehead atoms. The maximum Gasteiger partial charge on any atom is 0.163 e. The lowest BCUT2D eigenvalue weighted by molar-refractivity contribution is 0.766. The van der Waals surface area contributed by atoms with E-state index in [-0.39, 0.29) is 5.92 Å². The van der Waals surface area contributed by atoms with Gasteiger partial charge in [0.2, 0.25) is 0 Å². The number of aromatic nitrogens is 5. The molecule has 0 N–H and O–H groups in total. The molecule has 0 saturated heterocycles. The smallest absolute Gasteiger partial charge is 0.163 e. The number of hydrogen-bond acceptors (Lipinski definition) is 4. The van der Waals surface area contributed by atoms with Gasteiger partial charge in [0.15, 0.2) is 11.6 Å². The Morgan fingerprint density at radius 3 is 1.66 bits per heavy atom. The molecule has 12 aromatic rings. The van der Waals surface area contributed by atoms with Crippen LogP contribution >= 0.6 is 0 Å². The first-order chi connectivity index (χ1) is 35.1. The molecule has 0 fully saturated rings. The second-order valence-corrected chi connectivity index (χ2v) is 18.3. The van der Waals surface area contributed by atoms with E-state index >= 15 is 0 Å². The summed E-state index contributed by atoms with van der Waals surface area (Å²) in [7, 11) is 0. The Labute approximate surface area is 411 Å². The highest BCUT2D eigenvalue weighted by atomic mass is 15.0. The lowest BCUT2D eigenvalue weighted by Crippen LogP contribution is -2.09. The fourth-order valence-electron chi connectivity index (χ4n) is 10.6. The molecule has 3 heterocycles. The Hall–Kier alpha value is -9.44. The number of nitriles is 1. The minimum absolute atomic E-state index is 0.0381. The van der Waals surface area contributed by atoms with E-state index in [1.165, 1.54) is 21.9 Å². The lowest BCUT2D eigenvalue weighted by atomic mass is 9.92. The van der Waals surface area contributed by atoms with Crippen molar-refractivity contribution in [2.24, 2.45) is 0 Å². The van der Waals surface area contributed by atoms with Gasteiger partial charge in [-0.15, -0.1) is 0 Å². The molecular weight excluding hydrogens is 865 g/mol. The molecule has 0 aliphatic heterocycles. The monoisotopic (exact) mass is 908 g/mol. The van der Waals surface area contributed by atoms with Crippen molar-refractivity contribution in [3.8, 4) is 62.5 Å². The van der Waals surface area contributed by atoms with Gasteiger partial charge in [0.05, 0.1) is 39.4 Å². The van der Waals surface area contributed by atoms with E-state index in [1.54, 1.807) is 0 Å². The average Bonchev–Trinajstić information content (AvgIpc) is 3.95. The number of rotatable bonds is 8. The quantitative estimate of drug-likeness (QED) is 0.152. The highest BCUT2D eigenvalue weighted by Crippen LogP contribution is 2.42. The SMILES string of the molecule is Cc1cc(-c2nc(-c3ccc(-c4ccccc4)cc3)nc(C3C=CC(c4ccccc4)=CC3)n2)cc(-c2ccccc2)c1-n1c2ccc(C#N)cc2c2cc(-n3c4ccccc4c4ccccc43)ccc21. The van der Waals surface area contributed by atoms with Crippen LogP contribution in [-0.4, -0.2) is 24.1 Å². The van der Waals surface area contributed by atoms with Crippen molar-refractivity contribution in [2.45, 2.75) is 19.3 Å². The summed E-state index contributed by atoms with van der Waals surface area (Å²) in [5.41, 5.74) is 16.7. The molecule has 1 aliphatic rings. The van der Waals surface area contributed by atoms with Gasteiger partial charge in [-0.3, -0.25) is 0 Å². The first kappa shape index (κ1) is 41.7. The largest absolute Gasteiger partial charge is 0.309 e. The lowest BCUT2D eigenvalue weighted by Gasteiger charge is -2.20. The van der Waals surface area contributed by atoms with Crippen molar-refractivity contribution < 1.29 is 0 Å². The van der Waals surface area contributed by atoms with Gasteiger partial charge in [0, 0.05) is 49.8 Å². The minimum Gasteiger partial charge on any atom is -0.309 e. The van der Waals surface area contributed by atoms with E-state index in [1.807, 2.05) is 18.2 Å². The standard InChI is InChI=1S/C65H44N6/c1-42-37-51(65-68-63(49-30-26-46(27-31-49)44-15-5-2-6-16-44)67-64(69-65)50-32-28-47(29-33-50)45-17-7-3-8-18-45)39-55(48-19-9-4-10-20-48)62(42)71-60-35-25-43(41-66)38-56(60)57-40-52(34-36-61(57)71)70-58-23-13-11-21-53(58)54-22-12-14-24-59(54)70/h2-32,34-40,50H,33H2,1H3. The molecule has 71 heavy (non-hydrogen) atoms. The summed E-state index contributed by atoms with van der Waals surface area (Å²) in [6.07, 6.45) is 7.50. The summed E-state index contributed by atoms with van der Waals surface area (Å²) in [6.45, 7) is 2.18. The van der Waals surface area contributed by atoms with Crippen LogP contribution in [0.15, 0.2) is 231 Å². The summed E-state index contributed by atoms with van der Waals surface area (Å²) < 4.78 is 4.73. The van der Waals surface area contributed by atoms with Crippen molar-refractivity contribution >= 4 is 49.2 Å². The topological polar surface area (TPSA) is 72.3 Å². The number of hydrogen-bond donors (Lipinski definition) is 0. The summed E-state index contributed by atoms with van der Waals surface area (Å²) in [4.78, 5) is 15.9. The van der Waals surface area contributed by atoms with Gasteiger partial charge >= 0.3 is 0 Å². The van der Waals surface area contributed by atoms with Crippen molar-refractivity contribution in [2.75, 3.05) is 0 Å². The van der Waals surface area contributed by atoms with Crippen LogP contribution in [0.1, 0.15) is 34.9 Å². The number of benzene rings is 9. The Kier molecular flexibility index (Phi) is 10.1. The van der Waals surface area contributed by atoms with Crippen LogP contribution in [-0.2, 0) is 0 Å². The molecule has 6 heteroatoms. The molecular formula is C65H44N6. The van der Waals surface area contributed by atoms with E-state index in [0.717, 1.165) is 95.4 Å². The first-order valence-corrected chi connectivity index (χ1v) is 24.1. The number of allylic oxidation sites excluding steroid dienone is 4. The first-order valence-electron chi connectivity index (χ1n) is 24.1. The zero-order valence-corrected chi connectivity index (χ0v) is 38.9. The molecule has 3 aromatic heterocycles. The fourth-order valence-corrected chi connectivity index (χ4v) is 10.6. The van der Waals surface area contributed by atoms with Gasteiger partial charge in [0.25, 0.3) is 0 Å². The Morgan fingerprint density at radius 1 is 0.465 bits per heavy atom. The summed E-state index contributed by atoms with van der Waals surface area (Å²) in [5.74, 6) is 1.94. The molecule has 0 amide bonds. The highest BCUT2D eigenvalue weighted by Gasteiger charge is 2.24. The summed E-state index contributed by atoms with van der Waals surface area (Å²) in [6, 6.07) is 77.0. The molecule has 13 rings (SSSR count). The zero-order chi connectivity index (χ0) is 47.4. The normalized spacial score (nSPS) is 13.5. The molecule has 0 radical (unpaired) electrons. The predicted molar refractivity (Wildman–Crippen MR) is 291 cm³/mol. The Morgan fingerprint density at radius 2 is 1.01 bits per heavy atom. The maximum absolute atomic E-state index is 10.2. The van der Waals surface area contributed by atoms with Crippen LogP contribution in [0.2, 0.25) is 0 Å². The van der Waals surface area contributed by atoms with Crippen LogP contribution in [0.5, 0.6) is 0 Å². The molecule has 6 nitrogen and oxygen atoms in total. The van der Waals surface area contributed by atoms with Gasteiger partial charge in [-0.05, 0) is 107 Å². The molecule has 1 atom stereocenters.